The van der Waals surface area contributed by atoms with Crippen LogP contribution in [0.2, 0.25) is 0 Å². The molecule has 7 heteroatoms. The highest BCUT2D eigenvalue weighted by molar-refractivity contribution is 6.11. The number of pyridine rings is 1. The number of para-hydroxylation sites is 7. The fourth-order valence-electron chi connectivity index (χ4n) is 14.6. The van der Waals surface area contributed by atoms with E-state index in [2.05, 4.69) is 351 Å². The van der Waals surface area contributed by atoms with Gasteiger partial charge in [-0.25, -0.2) is 4.98 Å². The summed E-state index contributed by atoms with van der Waals surface area (Å²) in [5, 5.41) is 0. The van der Waals surface area contributed by atoms with E-state index in [1.165, 1.54) is 61.2 Å². The van der Waals surface area contributed by atoms with Crippen LogP contribution in [0.15, 0.2) is 291 Å². The number of anilines is 13. The first-order chi connectivity index (χ1) is 45.4. The minimum atomic E-state index is -0.280. The van der Waals surface area contributed by atoms with Crippen molar-refractivity contribution in [1.82, 2.24) is 4.98 Å². The Kier molecular flexibility index (Phi) is 12.9. The molecular weight excluding hydrogens is 1130 g/mol. The molecule has 5 heterocycles. The molecule has 93 heavy (non-hydrogen) atoms. The second-order valence-electron chi connectivity index (χ2n) is 26.8. The molecule has 0 aliphatic carbocycles. The molecule has 0 bridgehead atoms. The molecule has 0 atom stereocenters. The summed E-state index contributed by atoms with van der Waals surface area (Å²) >= 11 is 0. The SMILES string of the molecule is CC(C)(C)c1ccnc(N2c3ccccc3-c3ccccc3-c3ccc(Oc4cccc(N5CN(c6c(N7c8ccccc8-c8ccccc8-c8ccccc87)cc(C(C)(C)C)cc6N6c7ccccc7-c7ccccc7-c7ccccc76)c6ccccc65)c4)cc32)c1. The summed E-state index contributed by atoms with van der Waals surface area (Å²) in [6.45, 7) is 14.3. The van der Waals surface area contributed by atoms with Crippen LogP contribution in [0.3, 0.4) is 0 Å². The minimum absolute atomic E-state index is 0.0872. The van der Waals surface area contributed by atoms with Gasteiger partial charge in [-0.1, -0.05) is 224 Å². The number of benzene rings is 12. The van der Waals surface area contributed by atoms with Gasteiger partial charge >= 0.3 is 0 Å². The first-order valence-corrected chi connectivity index (χ1v) is 32.3. The molecule has 4 aliphatic rings. The van der Waals surface area contributed by atoms with Gasteiger partial charge in [-0.2, -0.15) is 0 Å². The maximum absolute atomic E-state index is 7.17. The van der Waals surface area contributed by atoms with E-state index in [-0.39, 0.29) is 10.8 Å². The lowest BCUT2D eigenvalue weighted by Crippen LogP contribution is -2.28. The van der Waals surface area contributed by atoms with Crippen molar-refractivity contribution in [1.29, 1.82) is 0 Å². The summed E-state index contributed by atoms with van der Waals surface area (Å²) in [5.74, 6) is 2.29. The molecule has 1 aromatic heterocycles. The molecule has 4 aliphatic heterocycles. The summed E-state index contributed by atoms with van der Waals surface area (Å²) < 4.78 is 7.17. The highest BCUT2D eigenvalue weighted by Gasteiger charge is 2.39. The number of fused-ring (bicyclic) bond motifs is 16. The largest absolute Gasteiger partial charge is 0.457 e. The van der Waals surface area contributed by atoms with Crippen LogP contribution in [0.5, 0.6) is 11.5 Å². The maximum Gasteiger partial charge on any atom is 0.137 e. The number of hydrogen-bond acceptors (Lipinski definition) is 7. The van der Waals surface area contributed by atoms with E-state index >= 15 is 0 Å². The van der Waals surface area contributed by atoms with Crippen molar-refractivity contribution in [2.75, 3.05) is 31.2 Å². The van der Waals surface area contributed by atoms with Gasteiger partial charge in [-0.05, 0) is 146 Å². The van der Waals surface area contributed by atoms with Gasteiger partial charge in [-0.15, -0.1) is 0 Å². The van der Waals surface area contributed by atoms with E-state index in [1.807, 2.05) is 6.20 Å². The number of aromatic nitrogens is 1. The third-order valence-corrected chi connectivity index (χ3v) is 19.1. The molecule has 0 fully saturated rings. The Bertz CT molecular complexity index is 4850. The highest BCUT2D eigenvalue weighted by atomic mass is 16.5. The number of nitrogens with zero attached hydrogens (tertiary/aromatic N) is 6. The second-order valence-corrected chi connectivity index (χ2v) is 26.8. The lowest BCUT2D eigenvalue weighted by molar-refractivity contribution is 0.483. The van der Waals surface area contributed by atoms with Crippen LogP contribution < -0.4 is 29.2 Å². The molecule has 0 spiro atoms. The zero-order valence-electron chi connectivity index (χ0n) is 53.0. The molecule has 13 aromatic rings. The summed E-state index contributed by atoms with van der Waals surface area (Å²) in [5.41, 5.74) is 29.0. The molecular formula is C86H68N6O. The average molecular weight is 1200 g/mol. The van der Waals surface area contributed by atoms with E-state index < -0.39 is 0 Å². The first-order valence-electron chi connectivity index (χ1n) is 32.3. The van der Waals surface area contributed by atoms with Crippen molar-refractivity contribution in [2.24, 2.45) is 0 Å². The quantitative estimate of drug-likeness (QED) is 0.157. The molecule has 0 saturated carbocycles. The van der Waals surface area contributed by atoms with Gasteiger partial charge in [0.05, 0.1) is 62.6 Å². The number of ether oxygens (including phenoxy) is 1. The van der Waals surface area contributed by atoms with E-state index in [9.17, 15) is 0 Å². The lowest BCUT2D eigenvalue weighted by Gasteiger charge is -2.38. The maximum atomic E-state index is 7.17. The molecule has 0 amide bonds. The van der Waals surface area contributed by atoms with Gasteiger partial charge in [-0.3, -0.25) is 4.90 Å². The van der Waals surface area contributed by atoms with Gasteiger partial charge in [0.1, 0.15) is 24.0 Å². The Balaban J connectivity index is 0.856. The molecule has 0 unspecified atom stereocenters. The fraction of sp³-hybridized carbons (Fsp3) is 0.105. The van der Waals surface area contributed by atoms with Gasteiger partial charge in [0.15, 0.2) is 0 Å². The Hall–Kier alpha value is -11.4. The van der Waals surface area contributed by atoms with Crippen molar-refractivity contribution >= 4 is 74.1 Å². The zero-order chi connectivity index (χ0) is 62.7. The van der Waals surface area contributed by atoms with Crippen molar-refractivity contribution < 1.29 is 4.74 Å². The average Bonchev–Trinajstić information content (AvgIpc) is 1.64. The number of rotatable bonds is 7. The fourth-order valence-corrected chi connectivity index (χ4v) is 14.6. The van der Waals surface area contributed by atoms with Crippen LogP contribution in [0.25, 0.3) is 66.8 Å². The standard InChI is InChI=1S/C86H68N6O/c1-85(2,3)56-48-49-87-83(52-56)92-77-43-22-17-38-71(77)65-32-11-12-33-66(65)72-47-46-60(54-80(72)92)93-59-27-25-26-58(53-59)88-55-89(79-45-24-23-44-78(79)88)84-81(90-73-39-18-13-34-67(73)61-28-7-8-29-62(61)68-35-14-19-40-74(68)90)50-57(86(4,5)6)51-82(84)91-75-41-20-15-36-69(75)63-30-9-10-31-64(63)70-37-16-21-42-76(70)91/h7-54H,55H2,1-6H3. The normalized spacial score (nSPS) is 13.3. The first kappa shape index (κ1) is 55.6. The van der Waals surface area contributed by atoms with Gasteiger partial charge in [0.25, 0.3) is 0 Å². The van der Waals surface area contributed by atoms with Gasteiger partial charge in [0, 0.05) is 57.4 Å². The molecule has 0 radical (unpaired) electrons. The molecule has 17 rings (SSSR count). The molecule has 0 N–H and O–H groups in total. The van der Waals surface area contributed by atoms with E-state index in [1.54, 1.807) is 0 Å². The monoisotopic (exact) mass is 1200 g/mol. The Morgan fingerprint density at radius 2 is 0.645 bits per heavy atom. The third-order valence-electron chi connectivity index (χ3n) is 19.1. The lowest BCUT2D eigenvalue weighted by atomic mass is 9.85. The molecule has 0 saturated heterocycles. The van der Waals surface area contributed by atoms with Crippen LogP contribution in [0, 0.1) is 0 Å². The van der Waals surface area contributed by atoms with Crippen LogP contribution in [-0.2, 0) is 10.8 Å². The van der Waals surface area contributed by atoms with Crippen LogP contribution in [-0.4, -0.2) is 11.7 Å². The summed E-state index contributed by atoms with van der Waals surface area (Å²) in [6.07, 6.45) is 1.94. The molecule has 12 aromatic carbocycles. The summed E-state index contributed by atoms with van der Waals surface area (Å²) in [4.78, 5) is 17.6. The topological polar surface area (TPSA) is 38.3 Å². The van der Waals surface area contributed by atoms with E-state index in [0.717, 1.165) is 102 Å². The molecule has 7 nitrogen and oxygen atoms in total. The van der Waals surface area contributed by atoms with E-state index in [0.29, 0.717) is 6.67 Å². The second kappa shape index (κ2) is 21.6. The Morgan fingerprint density at radius 1 is 0.280 bits per heavy atom. The smallest absolute Gasteiger partial charge is 0.137 e. The van der Waals surface area contributed by atoms with Crippen molar-refractivity contribution in [2.45, 2.75) is 52.4 Å². The third kappa shape index (κ3) is 9.20. The number of hydrogen-bond donors (Lipinski definition) is 0. The van der Waals surface area contributed by atoms with Gasteiger partial charge in [0.2, 0.25) is 0 Å². The Labute approximate surface area is 545 Å². The van der Waals surface area contributed by atoms with Crippen LogP contribution in [0.1, 0.15) is 52.7 Å². The van der Waals surface area contributed by atoms with E-state index in [4.69, 9.17) is 9.72 Å². The summed E-state index contributed by atoms with van der Waals surface area (Å²) in [6, 6.07) is 105. The summed E-state index contributed by atoms with van der Waals surface area (Å²) in [7, 11) is 0. The molecule has 448 valence electrons. The highest BCUT2D eigenvalue weighted by Crippen LogP contribution is 2.61. The predicted molar refractivity (Wildman–Crippen MR) is 388 cm³/mol. The van der Waals surface area contributed by atoms with Crippen molar-refractivity contribution in [3.05, 3.63) is 302 Å². The van der Waals surface area contributed by atoms with Crippen LogP contribution in [0.4, 0.5) is 74.1 Å². The van der Waals surface area contributed by atoms with Crippen molar-refractivity contribution in [3.8, 4) is 78.3 Å². The van der Waals surface area contributed by atoms with Gasteiger partial charge < -0.3 is 24.3 Å². The van der Waals surface area contributed by atoms with Crippen LogP contribution >= 0.6 is 0 Å². The zero-order valence-corrected chi connectivity index (χ0v) is 53.0. The Morgan fingerprint density at radius 3 is 1.08 bits per heavy atom. The van der Waals surface area contributed by atoms with Crippen molar-refractivity contribution in [3.63, 3.8) is 0 Å². The predicted octanol–water partition coefficient (Wildman–Crippen LogP) is 24.1. The minimum Gasteiger partial charge on any atom is -0.457 e.